The second kappa shape index (κ2) is 6.14. The van der Waals surface area contributed by atoms with E-state index in [0.717, 1.165) is 18.8 Å². The van der Waals surface area contributed by atoms with E-state index < -0.39 is 0 Å². The van der Waals surface area contributed by atoms with Gasteiger partial charge in [0.25, 0.3) is 0 Å². The van der Waals surface area contributed by atoms with E-state index in [1.54, 1.807) is 0 Å². The minimum atomic E-state index is 0.210. The lowest BCUT2D eigenvalue weighted by molar-refractivity contribution is 0.489. The number of rotatable bonds is 5. The van der Waals surface area contributed by atoms with Crippen molar-refractivity contribution in [3.8, 4) is 0 Å². The first-order chi connectivity index (χ1) is 5.06. The smallest absolute Gasteiger partial charge is 0.0352 e. The minimum absolute atomic E-state index is 0.210. The predicted molar refractivity (Wildman–Crippen MR) is 53.6 cm³/mol. The summed E-state index contributed by atoms with van der Waals surface area (Å²) < 4.78 is 0. The molecule has 0 aromatic carbocycles. The summed E-state index contributed by atoms with van der Waals surface area (Å²) in [5.74, 6) is 0.730. The Balaban J connectivity index is 3.43. The third-order valence-electron chi connectivity index (χ3n) is 1.94. The van der Waals surface area contributed by atoms with Gasteiger partial charge < -0.3 is 0 Å². The van der Waals surface area contributed by atoms with E-state index in [1.165, 1.54) is 6.42 Å². The Bertz CT molecular complexity index is 91.6. The molecule has 68 valence electrons. The SMILES string of the molecule is CCC(C)CC(Cl)CC(C)Cl. The Labute approximate surface area is 80.3 Å². The average Bonchev–Trinajstić information content (AvgIpc) is 1.85. The highest BCUT2D eigenvalue weighted by atomic mass is 35.5. The molecule has 0 saturated heterocycles. The molecule has 0 rings (SSSR count). The average molecular weight is 197 g/mol. The molecule has 0 spiro atoms. The summed E-state index contributed by atoms with van der Waals surface area (Å²) in [6, 6.07) is 0. The molecule has 0 heterocycles. The summed E-state index contributed by atoms with van der Waals surface area (Å²) in [6.07, 6.45) is 3.22. The van der Waals surface area contributed by atoms with Crippen LogP contribution in [-0.2, 0) is 0 Å². The Morgan fingerprint density at radius 1 is 1.09 bits per heavy atom. The second-order valence-electron chi connectivity index (χ2n) is 3.36. The number of alkyl halides is 2. The topological polar surface area (TPSA) is 0 Å². The van der Waals surface area contributed by atoms with Crippen molar-refractivity contribution in [2.75, 3.05) is 0 Å². The molecule has 0 aromatic rings. The van der Waals surface area contributed by atoms with Crippen LogP contribution in [0, 0.1) is 5.92 Å². The molecule has 0 fully saturated rings. The molecule has 0 aliphatic carbocycles. The van der Waals surface area contributed by atoms with Crippen LogP contribution in [0.4, 0.5) is 0 Å². The van der Waals surface area contributed by atoms with Crippen molar-refractivity contribution in [2.24, 2.45) is 5.92 Å². The normalized spacial score (nSPS) is 19.4. The van der Waals surface area contributed by atoms with Crippen molar-refractivity contribution in [3.05, 3.63) is 0 Å². The third-order valence-corrected chi connectivity index (χ3v) is 2.47. The standard InChI is InChI=1S/C9H18Cl2/c1-4-7(2)5-9(11)6-8(3)10/h7-9H,4-6H2,1-3H3. The van der Waals surface area contributed by atoms with Crippen LogP contribution in [0.3, 0.4) is 0 Å². The first-order valence-electron chi connectivity index (χ1n) is 4.34. The van der Waals surface area contributed by atoms with Gasteiger partial charge in [-0.2, -0.15) is 0 Å². The van der Waals surface area contributed by atoms with Crippen molar-refractivity contribution in [3.63, 3.8) is 0 Å². The van der Waals surface area contributed by atoms with Gasteiger partial charge in [-0.15, -0.1) is 23.2 Å². The number of halogens is 2. The zero-order chi connectivity index (χ0) is 8.85. The summed E-state index contributed by atoms with van der Waals surface area (Å²) in [5, 5.41) is 0.471. The molecular formula is C9H18Cl2. The highest BCUT2D eigenvalue weighted by molar-refractivity contribution is 6.23. The van der Waals surface area contributed by atoms with E-state index in [1.807, 2.05) is 6.92 Å². The molecule has 0 N–H and O–H groups in total. The maximum atomic E-state index is 6.06. The Morgan fingerprint density at radius 3 is 2.00 bits per heavy atom. The lowest BCUT2D eigenvalue weighted by atomic mass is 10.0. The molecule has 0 nitrogen and oxygen atoms in total. The van der Waals surface area contributed by atoms with E-state index in [2.05, 4.69) is 13.8 Å². The summed E-state index contributed by atoms with van der Waals surface area (Å²) in [6.45, 7) is 6.42. The van der Waals surface area contributed by atoms with Gasteiger partial charge in [-0.3, -0.25) is 0 Å². The van der Waals surface area contributed by atoms with Crippen molar-refractivity contribution in [2.45, 2.75) is 50.8 Å². The van der Waals surface area contributed by atoms with Gasteiger partial charge in [-0.1, -0.05) is 20.3 Å². The quantitative estimate of drug-likeness (QED) is 0.583. The van der Waals surface area contributed by atoms with Gasteiger partial charge in [-0.05, 0) is 25.7 Å². The fourth-order valence-electron chi connectivity index (χ4n) is 1.05. The monoisotopic (exact) mass is 196 g/mol. The first kappa shape index (κ1) is 11.6. The van der Waals surface area contributed by atoms with E-state index in [0.29, 0.717) is 0 Å². The molecular weight excluding hydrogens is 179 g/mol. The number of hydrogen-bond donors (Lipinski definition) is 0. The Hall–Kier alpha value is 0.580. The minimum Gasteiger partial charge on any atom is -0.123 e. The second-order valence-corrected chi connectivity index (χ2v) is 4.73. The van der Waals surface area contributed by atoms with Crippen molar-refractivity contribution >= 4 is 23.2 Å². The van der Waals surface area contributed by atoms with Crippen molar-refractivity contribution in [1.29, 1.82) is 0 Å². The molecule has 0 saturated carbocycles. The highest BCUT2D eigenvalue weighted by Crippen LogP contribution is 2.19. The van der Waals surface area contributed by atoms with Gasteiger partial charge in [0.2, 0.25) is 0 Å². The third kappa shape index (κ3) is 6.96. The molecule has 0 bridgehead atoms. The summed E-state index contributed by atoms with van der Waals surface area (Å²) in [5.41, 5.74) is 0. The van der Waals surface area contributed by atoms with Crippen LogP contribution in [0.1, 0.15) is 40.0 Å². The molecule has 0 amide bonds. The van der Waals surface area contributed by atoms with E-state index in [4.69, 9.17) is 23.2 Å². The fourth-order valence-corrected chi connectivity index (χ4v) is 1.93. The maximum absolute atomic E-state index is 6.06. The maximum Gasteiger partial charge on any atom is 0.0352 e. The molecule has 2 heteroatoms. The molecule has 0 radical (unpaired) electrons. The van der Waals surface area contributed by atoms with Gasteiger partial charge in [0.1, 0.15) is 0 Å². The van der Waals surface area contributed by atoms with Crippen molar-refractivity contribution < 1.29 is 0 Å². The molecule has 11 heavy (non-hydrogen) atoms. The van der Waals surface area contributed by atoms with Gasteiger partial charge in [-0.25, -0.2) is 0 Å². The van der Waals surface area contributed by atoms with Crippen LogP contribution in [0.5, 0.6) is 0 Å². The summed E-state index contributed by atoms with van der Waals surface area (Å²) in [4.78, 5) is 0. The molecule has 3 atom stereocenters. The van der Waals surface area contributed by atoms with Gasteiger partial charge in [0.15, 0.2) is 0 Å². The zero-order valence-corrected chi connectivity index (χ0v) is 9.12. The lowest BCUT2D eigenvalue weighted by Gasteiger charge is -2.14. The van der Waals surface area contributed by atoms with Crippen LogP contribution in [0.15, 0.2) is 0 Å². The van der Waals surface area contributed by atoms with Crippen LogP contribution in [0.25, 0.3) is 0 Å². The van der Waals surface area contributed by atoms with Crippen LogP contribution >= 0.6 is 23.2 Å². The highest BCUT2D eigenvalue weighted by Gasteiger charge is 2.11. The van der Waals surface area contributed by atoms with Crippen LogP contribution in [-0.4, -0.2) is 10.8 Å². The van der Waals surface area contributed by atoms with Crippen molar-refractivity contribution in [1.82, 2.24) is 0 Å². The van der Waals surface area contributed by atoms with Gasteiger partial charge in [0, 0.05) is 10.8 Å². The zero-order valence-electron chi connectivity index (χ0n) is 7.61. The van der Waals surface area contributed by atoms with Gasteiger partial charge in [0.05, 0.1) is 0 Å². The van der Waals surface area contributed by atoms with Crippen LogP contribution < -0.4 is 0 Å². The Morgan fingerprint density at radius 2 is 1.64 bits per heavy atom. The summed E-state index contributed by atoms with van der Waals surface area (Å²) >= 11 is 11.9. The van der Waals surface area contributed by atoms with E-state index in [9.17, 15) is 0 Å². The summed E-state index contributed by atoms with van der Waals surface area (Å²) in [7, 11) is 0. The fraction of sp³-hybridized carbons (Fsp3) is 1.00. The largest absolute Gasteiger partial charge is 0.123 e. The lowest BCUT2D eigenvalue weighted by Crippen LogP contribution is -2.09. The number of hydrogen-bond acceptors (Lipinski definition) is 0. The predicted octanol–water partition coefficient (Wildman–Crippen LogP) is 4.05. The molecule has 3 unspecified atom stereocenters. The van der Waals surface area contributed by atoms with E-state index >= 15 is 0 Å². The molecule has 0 aliphatic rings. The van der Waals surface area contributed by atoms with E-state index in [-0.39, 0.29) is 10.8 Å². The first-order valence-corrected chi connectivity index (χ1v) is 5.21. The Kier molecular flexibility index (Phi) is 6.46. The molecule has 0 aliphatic heterocycles. The van der Waals surface area contributed by atoms with Gasteiger partial charge >= 0.3 is 0 Å². The van der Waals surface area contributed by atoms with Crippen LogP contribution in [0.2, 0.25) is 0 Å². The molecule has 0 aromatic heterocycles.